The molecule has 0 fully saturated rings. The van der Waals surface area contributed by atoms with E-state index in [1.165, 1.54) is 83.5 Å². The van der Waals surface area contributed by atoms with Crippen LogP contribution in [0.4, 0.5) is 0 Å². The highest BCUT2D eigenvalue weighted by atomic mass is 31.2. The third-order valence-electron chi connectivity index (χ3n) is 7.94. The van der Waals surface area contributed by atoms with E-state index in [1.807, 2.05) is 27.2 Å². The number of unbranched alkanes of at least 4 members (excludes halogenated alkanes) is 19. The highest BCUT2D eigenvalue weighted by Crippen LogP contribution is 2.43. The summed E-state index contributed by atoms with van der Waals surface area (Å²) >= 11 is 0. The molecular weight excluding hydrogens is 605 g/mol. The molecule has 9 nitrogen and oxygen atoms in total. The third-order valence-corrected chi connectivity index (χ3v) is 8.93. The van der Waals surface area contributed by atoms with Gasteiger partial charge in [0.25, 0.3) is 0 Å². The lowest BCUT2D eigenvalue weighted by molar-refractivity contribution is -0.870. The molecule has 10 heteroatoms. The molecule has 0 aromatic carbocycles. The van der Waals surface area contributed by atoms with Crippen molar-refractivity contribution in [3.63, 3.8) is 0 Å². The summed E-state index contributed by atoms with van der Waals surface area (Å²) in [5.41, 5.74) is 0. The van der Waals surface area contributed by atoms with Crippen LogP contribution in [0.1, 0.15) is 155 Å². The molecule has 0 heterocycles. The van der Waals surface area contributed by atoms with E-state index >= 15 is 0 Å². The summed E-state index contributed by atoms with van der Waals surface area (Å²) in [4.78, 5) is 35.0. The number of allylic oxidation sites excluding steroid dienone is 1. The molecule has 0 saturated carbocycles. The van der Waals surface area contributed by atoms with E-state index < -0.39 is 26.5 Å². The van der Waals surface area contributed by atoms with Gasteiger partial charge in [0.05, 0.1) is 27.7 Å². The third kappa shape index (κ3) is 32.7. The Bertz CT molecular complexity index is 801. The molecule has 0 radical (unpaired) electrons. The second kappa shape index (κ2) is 29.9. The molecular formula is C36H71NO8P+. The number of ether oxygens (including phenoxy) is 2. The van der Waals surface area contributed by atoms with Crippen LogP contribution in [0.2, 0.25) is 0 Å². The molecule has 0 aromatic rings. The normalized spacial score (nSPS) is 13.7. The van der Waals surface area contributed by atoms with Gasteiger partial charge in [-0.25, -0.2) is 4.57 Å². The number of esters is 2. The van der Waals surface area contributed by atoms with Gasteiger partial charge in [0.2, 0.25) is 0 Å². The zero-order valence-corrected chi connectivity index (χ0v) is 31.0. The molecule has 0 rings (SSSR count). The van der Waals surface area contributed by atoms with Crippen LogP contribution in [0.25, 0.3) is 0 Å². The van der Waals surface area contributed by atoms with Crippen LogP contribution in [-0.2, 0) is 32.7 Å². The lowest BCUT2D eigenvalue weighted by Gasteiger charge is -2.24. The average Bonchev–Trinajstić information content (AvgIpc) is 2.99. The monoisotopic (exact) mass is 676 g/mol. The lowest BCUT2D eigenvalue weighted by Crippen LogP contribution is -2.37. The van der Waals surface area contributed by atoms with Gasteiger partial charge in [0.1, 0.15) is 19.8 Å². The average molecular weight is 677 g/mol. The van der Waals surface area contributed by atoms with Gasteiger partial charge in [-0.3, -0.25) is 18.6 Å². The highest BCUT2D eigenvalue weighted by molar-refractivity contribution is 7.47. The fourth-order valence-corrected chi connectivity index (χ4v) is 5.73. The molecule has 0 saturated heterocycles. The van der Waals surface area contributed by atoms with Crippen molar-refractivity contribution in [3.8, 4) is 0 Å². The van der Waals surface area contributed by atoms with Crippen LogP contribution in [0.15, 0.2) is 12.7 Å². The van der Waals surface area contributed by atoms with Crippen molar-refractivity contribution in [2.24, 2.45) is 0 Å². The van der Waals surface area contributed by atoms with Crippen LogP contribution in [0.5, 0.6) is 0 Å². The number of nitrogens with zero attached hydrogens (tertiary/aromatic N) is 1. The first-order valence-corrected chi connectivity index (χ1v) is 19.9. The van der Waals surface area contributed by atoms with Crippen LogP contribution in [0.3, 0.4) is 0 Å². The van der Waals surface area contributed by atoms with E-state index in [4.69, 9.17) is 18.5 Å². The SMILES string of the molecule is C=CCCCCCCCCCCCCCCCC(=O)OC[C@@H](COP(=O)(O)OCC[N+](C)(C)C)OC(=O)CCCCCCCCC. The van der Waals surface area contributed by atoms with Crippen molar-refractivity contribution in [2.45, 2.75) is 161 Å². The van der Waals surface area contributed by atoms with Crippen molar-refractivity contribution in [3.05, 3.63) is 12.7 Å². The molecule has 1 N–H and O–H groups in total. The van der Waals surface area contributed by atoms with Gasteiger partial charge in [-0.05, 0) is 25.7 Å². The van der Waals surface area contributed by atoms with E-state index in [1.54, 1.807) is 0 Å². The minimum atomic E-state index is -4.35. The second-order valence-corrected chi connectivity index (χ2v) is 15.2. The molecule has 1 unspecified atom stereocenters. The molecule has 2 atom stereocenters. The summed E-state index contributed by atoms with van der Waals surface area (Å²) in [6.45, 7) is 5.87. The molecule has 0 aliphatic heterocycles. The van der Waals surface area contributed by atoms with Gasteiger partial charge in [-0.2, -0.15) is 0 Å². The summed E-state index contributed by atoms with van der Waals surface area (Å²) in [5.74, 6) is -0.805. The Balaban J connectivity index is 4.32. The zero-order valence-electron chi connectivity index (χ0n) is 30.2. The minimum Gasteiger partial charge on any atom is -0.462 e. The molecule has 46 heavy (non-hydrogen) atoms. The number of rotatable bonds is 34. The molecule has 0 aromatic heterocycles. The summed E-state index contributed by atoms with van der Waals surface area (Å²) in [6.07, 6.45) is 26.0. The zero-order chi connectivity index (χ0) is 34.4. The van der Waals surface area contributed by atoms with Crippen molar-refractivity contribution in [1.82, 2.24) is 0 Å². The fourth-order valence-electron chi connectivity index (χ4n) is 4.99. The maximum atomic E-state index is 12.5. The summed E-state index contributed by atoms with van der Waals surface area (Å²) in [7, 11) is 1.48. The van der Waals surface area contributed by atoms with Gasteiger partial charge in [-0.15, -0.1) is 6.58 Å². The van der Waals surface area contributed by atoms with E-state index in [9.17, 15) is 19.0 Å². The van der Waals surface area contributed by atoms with Crippen molar-refractivity contribution in [1.29, 1.82) is 0 Å². The Labute approximate surface area is 282 Å². The topological polar surface area (TPSA) is 108 Å². The number of likely N-dealkylation sites (N-methyl/N-ethyl adjacent to an activating group) is 1. The Hall–Kier alpha value is -1.25. The fraction of sp³-hybridized carbons (Fsp3) is 0.889. The predicted molar refractivity (Wildman–Crippen MR) is 188 cm³/mol. The van der Waals surface area contributed by atoms with Crippen molar-refractivity contribution < 1.29 is 42.1 Å². The molecule has 272 valence electrons. The van der Waals surface area contributed by atoms with Crippen LogP contribution in [-0.4, -0.2) is 74.9 Å². The van der Waals surface area contributed by atoms with Gasteiger partial charge in [0, 0.05) is 12.8 Å². The largest absolute Gasteiger partial charge is 0.472 e. The Kier molecular flexibility index (Phi) is 29.0. The number of hydrogen-bond donors (Lipinski definition) is 1. The molecule has 0 bridgehead atoms. The first kappa shape index (κ1) is 44.8. The van der Waals surface area contributed by atoms with Crippen LogP contribution >= 0.6 is 7.82 Å². The van der Waals surface area contributed by atoms with Crippen LogP contribution < -0.4 is 0 Å². The van der Waals surface area contributed by atoms with Gasteiger partial charge in [0.15, 0.2) is 6.10 Å². The van der Waals surface area contributed by atoms with Gasteiger partial charge >= 0.3 is 19.8 Å². The maximum Gasteiger partial charge on any atom is 0.472 e. The van der Waals surface area contributed by atoms with Crippen LogP contribution in [0, 0.1) is 0 Å². The van der Waals surface area contributed by atoms with Crippen molar-refractivity contribution >= 4 is 19.8 Å². The van der Waals surface area contributed by atoms with E-state index in [0.717, 1.165) is 44.9 Å². The lowest BCUT2D eigenvalue weighted by atomic mass is 10.0. The predicted octanol–water partition coefficient (Wildman–Crippen LogP) is 9.46. The number of hydrogen-bond acceptors (Lipinski definition) is 7. The minimum absolute atomic E-state index is 0.0337. The number of phosphoric acid groups is 1. The Morgan fingerprint density at radius 3 is 1.63 bits per heavy atom. The first-order chi connectivity index (χ1) is 22.0. The number of carbonyl (C=O) groups is 2. The standard InChI is InChI=1S/C36H70NO8P/c1-6-8-10-12-14-15-16-17-18-19-20-21-23-24-26-28-35(38)42-32-34(33-44-46(40,41)43-31-30-37(3,4)5)45-36(39)29-27-25-22-13-11-9-7-2/h6,34H,1,7-33H2,2-5H3/p+1/t34-/m0/s1. The van der Waals surface area contributed by atoms with Gasteiger partial charge < -0.3 is 18.9 Å². The quantitative estimate of drug-likeness (QED) is 0.0236. The Morgan fingerprint density at radius 1 is 0.696 bits per heavy atom. The van der Waals surface area contributed by atoms with Crippen molar-refractivity contribution in [2.75, 3.05) is 47.5 Å². The number of quaternary nitrogens is 1. The summed E-state index contributed by atoms with van der Waals surface area (Å²) < 4.78 is 34.0. The highest BCUT2D eigenvalue weighted by Gasteiger charge is 2.27. The number of carbonyl (C=O) groups excluding carboxylic acids is 2. The smallest absolute Gasteiger partial charge is 0.462 e. The molecule has 0 aliphatic rings. The second-order valence-electron chi connectivity index (χ2n) is 13.7. The molecule has 0 spiro atoms. The van der Waals surface area contributed by atoms with E-state index in [-0.39, 0.29) is 25.6 Å². The summed E-state index contributed by atoms with van der Waals surface area (Å²) in [5, 5.41) is 0. The Morgan fingerprint density at radius 2 is 1.15 bits per heavy atom. The number of phosphoric ester groups is 1. The van der Waals surface area contributed by atoms with Gasteiger partial charge in [-0.1, -0.05) is 122 Å². The van der Waals surface area contributed by atoms with E-state index in [2.05, 4.69) is 13.5 Å². The summed E-state index contributed by atoms with van der Waals surface area (Å²) in [6, 6.07) is 0. The van der Waals surface area contributed by atoms with E-state index in [0.29, 0.717) is 23.9 Å². The maximum absolute atomic E-state index is 12.5. The molecule has 0 amide bonds. The first-order valence-electron chi connectivity index (χ1n) is 18.4. The molecule has 0 aliphatic carbocycles.